The summed E-state index contributed by atoms with van der Waals surface area (Å²) in [5.41, 5.74) is 1.54. The quantitative estimate of drug-likeness (QED) is 0.481. The Hall–Kier alpha value is -0.780. The minimum atomic E-state index is 0.749. The Kier molecular flexibility index (Phi) is 1.46. The van der Waals surface area contributed by atoms with E-state index in [1.807, 2.05) is 0 Å². The minimum absolute atomic E-state index is 0.749. The summed E-state index contributed by atoms with van der Waals surface area (Å²) in [7, 11) is 0. The maximum atomic E-state index is 2.33. The van der Waals surface area contributed by atoms with Crippen LogP contribution in [0.3, 0.4) is 0 Å². The standard InChI is InChI=1S/C10H12/c1-2-6-9(5-1)10-7-3-4-8-10/h1,3,5-7,10H,2,4,8H2. The zero-order valence-electron chi connectivity index (χ0n) is 6.09. The molecule has 0 fully saturated rings. The van der Waals surface area contributed by atoms with Gasteiger partial charge in [-0.2, -0.15) is 0 Å². The van der Waals surface area contributed by atoms with Crippen LogP contribution in [0.25, 0.3) is 0 Å². The van der Waals surface area contributed by atoms with Crippen LogP contribution in [0.5, 0.6) is 0 Å². The molecule has 0 radical (unpaired) electrons. The van der Waals surface area contributed by atoms with E-state index >= 15 is 0 Å². The van der Waals surface area contributed by atoms with Crippen molar-refractivity contribution < 1.29 is 0 Å². The van der Waals surface area contributed by atoms with Crippen molar-refractivity contribution in [2.45, 2.75) is 19.3 Å². The lowest BCUT2D eigenvalue weighted by atomic mass is 10.0. The number of hydrogen-bond acceptors (Lipinski definition) is 0. The van der Waals surface area contributed by atoms with Gasteiger partial charge in [-0.05, 0) is 24.8 Å². The topological polar surface area (TPSA) is 0 Å². The fourth-order valence-electron chi connectivity index (χ4n) is 1.66. The third kappa shape index (κ3) is 0.942. The van der Waals surface area contributed by atoms with E-state index in [4.69, 9.17) is 0 Å². The van der Waals surface area contributed by atoms with Crippen LogP contribution in [0, 0.1) is 5.92 Å². The normalized spacial score (nSPS) is 29.6. The molecule has 0 saturated carbocycles. The van der Waals surface area contributed by atoms with Gasteiger partial charge in [0.2, 0.25) is 0 Å². The average Bonchev–Trinajstić information content (AvgIpc) is 2.59. The Labute approximate surface area is 61.9 Å². The van der Waals surface area contributed by atoms with Crippen molar-refractivity contribution in [2.75, 3.05) is 0 Å². The van der Waals surface area contributed by atoms with Gasteiger partial charge in [0.15, 0.2) is 0 Å². The van der Waals surface area contributed by atoms with Gasteiger partial charge in [0.25, 0.3) is 0 Å². The van der Waals surface area contributed by atoms with Gasteiger partial charge in [-0.1, -0.05) is 30.4 Å². The molecule has 0 nitrogen and oxygen atoms in total. The van der Waals surface area contributed by atoms with Gasteiger partial charge in [-0.25, -0.2) is 0 Å². The molecule has 2 rings (SSSR count). The molecule has 0 spiro atoms. The number of rotatable bonds is 1. The Bertz CT molecular complexity index is 206. The highest BCUT2D eigenvalue weighted by molar-refractivity contribution is 5.32. The van der Waals surface area contributed by atoms with Gasteiger partial charge in [0, 0.05) is 5.92 Å². The first-order chi connectivity index (χ1) is 4.97. The van der Waals surface area contributed by atoms with Gasteiger partial charge in [0.1, 0.15) is 0 Å². The highest BCUT2D eigenvalue weighted by atomic mass is 14.2. The molecule has 1 atom stereocenters. The lowest BCUT2D eigenvalue weighted by Crippen LogP contribution is -1.91. The molecule has 0 aromatic rings. The molecule has 1 unspecified atom stereocenters. The van der Waals surface area contributed by atoms with Crippen LogP contribution in [0.15, 0.2) is 36.0 Å². The van der Waals surface area contributed by atoms with E-state index in [9.17, 15) is 0 Å². The van der Waals surface area contributed by atoms with Gasteiger partial charge in [-0.3, -0.25) is 0 Å². The predicted octanol–water partition coefficient (Wildman–Crippen LogP) is 2.84. The molecule has 0 N–H and O–H groups in total. The molecule has 0 aromatic heterocycles. The Morgan fingerprint density at radius 1 is 1.30 bits per heavy atom. The lowest BCUT2D eigenvalue weighted by molar-refractivity contribution is 0.745. The number of hydrogen-bond donors (Lipinski definition) is 0. The van der Waals surface area contributed by atoms with Crippen LogP contribution in [0.1, 0.15) is 19.3 Å². The van der Waals surface area contributed by atoms with Crippen LogP contribution in [-0.2, 0) is 0 Å². The molecule has 0 aliphatic heterocycles. The summed E-state index contributed by atoms with van der Waals surface area (Å²) >= 11 is 0. The van der Waals surface area contributed by atoms with E-state index < -0.39 is 0 Å². The van der Waals surface area contributed by atoms with E-state index in [2.05, 4.69) is 30.4 Å². The van der Waals surface area contributed by atoms with Crippen LogP contribution in [0.2, 0.25) is 0 Å². The lowest BCUT2D eigenvalue weighted by Gasteiger charge is -2.04. The summed E-state index contributed by atoms with van der Waals surface area (Å²) in [6.07, 6.45) is 15.2. The van der Waals surface area contributed by atoms with Crippen molar-refractivity contribution in [3.63, 3.8) is 0 Å². The highest BCUT2D eigenvalue weighted by Crippen LogP contribution is 2.28. The van der Waals surface area contributed by atoms with E-state index in [0.717, 1.165) is 12.3 Å². The monoisotopic (exact) mass is 132 g/mol. The maximum absolute atomic E-state index is 2.33. The first kappa shape index (κ1) is 5.96. The van der Waals surface area contributed by atoms with Gasteiger partial charge < -0.3 is 0 Å². The molecular formula is C10H12. The van der Waals surface area contributed by atoms with Crippen molar-refractivity contribution in [3.05, 3.63) is 36.0 Å². The molecule has 0 heterocycles. The van der Waals surface area contributed by atoms with Crippen LogP contribution < -0.4 is 0 Å². The molecule has 0 heteroatoms. The first-order valence-corrected chi connectivity index (χ1v) is 4.00. The first-order valence-electron chi connectivity index (χ1n) is 4.00. The summed E-state index contributed by atoms with van der Waals surface area (Å²) in [6.45, 7) is 0. The molecule has 0 bridgehead atoms. The molecular weight excluding hydrogens is 120 g/mol. The van der Waals surface area contributed by atoms with Crippen molar-refractivity contribution in [2.24, 2.45) is 5.92 Å². The van der Waals surface area contributed by atoms with E-state index in [0.29, 0.717) is 0 Å². The molecule has 0 aromatic carbocycles. The smallest absolute Gasteiger partial charge is 0.00177 e. The minimum Gasteiger partial charge on any atom is -0.0879 e. The second-order valence-electron chi connectivity index (χ2n) is 2.95. The maximum Gasteiger partial charge on any atom is 0.00177 e. The second-order valence-corrected chi connectivity index (χ2v) is 2.95. The largest absolute Gasteiger partial charge is 0.0879 e. The predicted molar refractivity (Wildman–Crippen MR) is 43.7 cm³/mol. The van der Waals surface area contributed by atoms with Crippen LogP contribution in [0.4, 0.5) is 0 Å². The fraction of sp³-hybridized carbons (Fsp3) is 0.400. The molecule has 0 saturated heterocycles. The number of allylic oxidation sites excluding steroid dienone is 6. The summed E-state index contributed by atoms with van der Waals surface area (Å²) in [5, 5.41) is 0. The zero-order valence-corrected chi connectivity index (χ0v) is 6.09. The summed E-state index contributed by atoms with van der Waals surface area (Å²) < 4.78 is 0. The Morgan fingerprint density at radius 3 is 2.90 bits per heavy atom. The van der Waals surface area contributed by atoms with Crippen molar-refractivity contribution in [3.8, 4) is 0 Å². The molecule has 0 amide bonds. The molecule has 2 aliphatic rings. The zero-order chi connectivity index (χ0) is 6.81. The van der Waals surface area contributed by atoms with Crippen LogP contribution >= 0.6 is 0 Å². The Morgan fingerprint density at radius 2 is 2.30 bits per heavy atom. The van der Waals surface area contributed by atoms with Gasteiger partial charge in [-0.15, -0.1) is 0 Å². The highest BCUT2D eigenvalue weighted by Gasteiger charge is 2.12. The molecule has 2 aliphatic carbocycles. The van der Waals surface area contributed by atoms with E-state index in [-0.39, 0.29) is 0 Å². The fourth-order valence-corrected chi connectivity index (χ4v) is 1.66. The molecule has 52 valence electrons. The van der Waals surface area contributed by atoms with Gasteiger partial charge >= 0.3 is 0 Å². The van der Waals surface area contributed by atoms with Crippen molar-refractivity contribution >= 4 is 0 Å². The third-order valence-electron chi connectivity index (χ3n) is 2.24. The molecule has 10 heavy (non-hydrogen) atoms. The van der Waals surface area contributed by atoms with Crippen molar-refractivity contribution in [1.82, 2.24) is 0 Å². The summed E-state index contributed by atoms with van der Waals surface area (Å²) in [5.74, 6) is 0.749. The average molecular weight is 132 g/mol. The summed E-state index contributed by atoms with van der Waals surface area (Å²) in [6, 6.07) is 0. The SMILES string of the molecule is C1=CC(C2C=CCC2)=CC1. The van der Waals surface area contributed by atoms with E-state index in [1.165, 1.54) is 18.4 Å². The van der Waals surface area contributed by atoms with Crippen LogP contribution in [-0.4, -0.2) is 0 Å². The van der Waals surface area contributed by atoms with E-state index in [1.54, 1.807) is 0 Å². The Balaban J connectivity index is 2.11. The van der Waals surface area contributed by atoms with Crippen molar-refractivity contribution in [1.29, 1.82) is 0 Å². The second kappa shape index (κ2) is 2.45. The van der Waals surface area contributed by atoms with Gasteiger partial charge in [0.05, 0.1) is 0 Å². The third-order valence-corrected chi connectivity index (χ3v) is 2.24. The summed E-state index contributed by atoms with van der Waals surface area (Å²) in [4.78, 5) is 0.